The standard InChI is InChI=1S/C23H26N4O3/c1-17-7-2-3-8-18(17)15-25-11-6-12-26(14-13-25)21(28)16-27-23(30)20-10-5-4-9-19(20)22(29)24-27/h2-5,7-10H,6,11-16H2,1H3,(H,24,29). The molecule has 30 heavy (non-hydrogen) atoms. The molecule has 1 aliphatic heterocycles. The molecule has 0 unspecified atom stereocenters. The molecule has 7 nitrogen and oxygen atoms in total. The van der Waals surface area contributed by atoms with Crippen molar-refractivity contribution < 1.29 is 4.79 Å². The van der Waals surface area contributed by atoms with E-state index in [2.05, 4.69) is 35.1 Å². The van der Waals surface area contributed by atoms with E-state index < -0.39 is 0 Å². The van der Waals surface area contributed by atoms with Crippen LogP contribution in [0.1, 0.15) is 17.5 Å². The normalized spacial score (nSPS) is 15.3. The van der Waals surface area contributed by atoms with Gasteiger partial charge in [-0.15, -0.1) is 0 Å². The van der Waals surface area contributed by atoms with Crippen LogP contribution >= 0.6 is 0 Å². The molecule has 0 aliphatic carbocycles. The molecule has 1 amide bonds. The molecule has 2 heterocycles. The molecule has 0 saturated carbocycles. The van der Waals surface area contributed by atoms with Crippen LogP contribution in [0, 0.1) is 6.92 Å². The third kappa shape index (κ3) is 4.21. The Morgan fingerprint density at radius 2 is 1.67 bits per heavy atom. The van der Waals surface area contributed by atoms with E-state index in [0.717, 1.165) is 30.7 Å². The van der Waals surface area contributed by atoms with Crippen molar-refractivity contribution in [3.05, 3.63) is 80.4 Å². The molecular weight excluding hydrogens is 380 g/mol. The van der Waals surface area contributed by atoms with E-state index in [9.17, 15) is 14.4 Å². The van der Waals surface area contributed by atoms with E-state index in [0.29, 0.717) is 23.9 Å². The second-order valence-electron chi connectivity index (χ2n) is 7.81. The van der Waals surface area contributed by atoms with Gasteiger partial charge in [0.15, 0.2) is 0 Å². The number of hydrogen-bond donors (Lipinski definition) is 1. The highest BCUT2D eigenvalue weighted by atomic mass is 16.2. The Morgan fingerprint density at radius 3 is 2.47 bits per heavy atom. The van der Waals surface area contributed by atoms with Crippen LogP contribution in [0.15, 0.2) is 58.1 Å². The van der Waals surface area contributed by atoms with Crippen molar-refractivity contribution >= 4 is 16.7 Å². The van der Waals surface area contributed by atoms with Gasteiger partial charge in [0.1, 0.15) is 6.54 Å². The maximum atomic E-state index is 12.9. The van der Waals surface area contributed by atoms with Crippen molar-refractivity contribution in [3.63, 3.8) is 0 Å². The van der Waals surface area contributed by atoms with E-state index >= 15 is 0 Å². The summed E-state index contributed by atoms with van der Waals surface area (Å²) in [5.41, 5.74) is 1.86. The Balaban J connectivity index is 1.44. The Labute approximate surface area is 174 Å². The van der Waals surface area contributed by atoms with E-state index in [1.807, 2.05) is 6.07 Å². The molecule has 1 aliphatic rings. The number of nitrogens with zero attached hydrogens (tertiary/aromatic N) is 3. The highest BCUT2D eigenvalue weighted by Crippen LogP contribution is 2.13. The molecule has 0 bridgehead atoms. The number of aromatic amines is 1. The summed E-state index contributed by atoms with van der Waals surface area (Å²) in [5, 5.41) is 3.21. The maximum absolute atomic E-state index is 12.9. The van der Waals surface area contributed by atoms with Crippen molar-refractivity contribution in [1.29, 1.82) is 0 Å². The molecule has 1 N–H and O–H groups in total. The molecule has 0 spiro atoms. The molecule has 156 valence electrons. The van der Waals surface area contributed by atoms with Gasteiger partial charge in [0.25, 0.3) is 11.1 Å². The zero-order valence-electron chi connectivity index (χ0n) is 17.1. The highest BCUT2D eigenvalue weighted by Gasteiger charge is 2.20. The van der Waals surface area contributed by atoms with Gasteiger partial charge in [-0.2, -0.15) is 0 Å². The molecule has 1 aromatic heterocycles. The number of hydrogen-bond acceptors (Lipinski definition) is 4. The molecule has 3 aromatic rings. The number of H-pyrrole nitrogens is 1. The number of amides is 1. The number of benzene rings is 2. The summed E-state index contributed by atoms with van der Waals surface area (Å²) in [5.74, 6) is -0.152. The molecule has 1 fully saturated rings. The monoisotopic (exact) mass is 406 g/mol. The fourth-order valence-electron chi connectivity index (χ4n) is 4.00. The van der Waals surface area contributed by atoms with Crippen LogP contribution in [-0.4, -0.2) is 51.7 Å². The quantitative estimate of drug-likeness (QED) is 0.716. The summed E-state index contributed by atoms with van der Waals surface area (Å²) < 4.78 is 1.13. The Morgan fingerprint density at radius 1 is 0.933 bits per heavy atom. The molecule has 0 atom stereocenters. The van der Waals surface area contributed by atoms with E-state index in [-0.39, 0.29) is 23.6 Å². The highest BCUT2D eigenvalue weighted by molar-refractivity contribution is 5.81. The van der Waals surface area contributed by atoms with Crippen LogP contribution in [0.2, 0.25) is 0 Å². The predicted octanol–water partition coefficient (Wildman–Crippen LogP) is 1.73. The molecule has 1 saturated heterocycles. The van der Waals surface area contributed by atoms with E-state index in [1.165, 1.54) is 11.1 Å². The van der Waals surface area contributed by atoms with Crippen LogP contribution in [-0.2, 0) is 17.9 Å². The fraction of sp³-hybridized carbons (Fsp3) is 0.348. The van der Waals surface area contributed by atoms with Crippen molar-refractivity contribution in [2.75, 3.05) is 26.2 Å². The van der Waals surface area contributed by atoms with E-state index in [1.54, 1.807) is 29.2 Å². The van der Waals surface area contributed by atoms with Crippen LogP contribution < -0.4 is 11.1 Å². The lowest BCUT2D eigenvalue weighted by Gasteiger charge is -2.23. The number of fused-ring (bicyclic) bond motifs is 1. The van der Waals surface area contributed by atoms with Crippen molar-refractivity contribution in [2.45, 2.75) is 26.4 Å². The fourth-order valence-corrected chi connectivity index (χ4v) is 4.00. The zero-order valence-corrected chi connectivity index (χ0v) is 17.1. The first kappa shape index (κ1) is 20.1. The maximum Gasteiger partial charge on any atom is 0.273 e. The largest absolute Gasteiger partial charge is 0.340 e. The predicted molar refractivity (Wildman–Crippen MR) is 116 cm³/mol. The van der Waals surface area contributed by atoms with Gasteiger partial charge < -0.3 is 4.90 Å². The minimum atomic E-state index is -0.363. The zero-order chi connectivity index (χ0) is 21.1. The second kappa shape index (κ2) is 8.67. The van der Waals surface area contributed by atoms with Crippen molar-refractivity contribution in [1.82, 2.24) is 19.6 Å². The van der Waals surface area contributed by atoms with Gasteiger partial charge >= 0.3 is 0 Å². The Kier molecular flexibility index (Phi) is 5.81. The number of carbonyl (C=O) groups excluding carboxylic acids is 1. The Hall–Kier alpha value is -3.19. The first-order chi connectivity index (χ1) is 14.5. The first-order valence-electron chi connectivity index (χ1n) is 10.3. The van der Waals surface area contributed by atoms with Crippen LogP contribution in [0.4, 0.5) is 0 Å². The lowest BCUT2D eigenvalue weighted by Crippen LogP contribution is -2.40. The summed E-state index contributed by atoms with van der Waals surface area (Å²) in [6, 6.07) is 15.0. The van der Waals surface area contributed by atoms with Gasteiger partial charge in [-0.25, -0.2) is 4.68 Å². The second-order valence-corrected chi connectivity index (χ2v) is 7.81. The SMILES string of the molecule is Cc1ccccc1CN1CCCN(C(=O)Cn2[nH]c(=O)c3ccccc3c2=O)CC1. The minimum absolute atomic E-state index is 0.152. The summed E-state index contributed by atoms with van der Waals surface area (Å²) in [6.07, 6.45) is 0.876. The number of rotatable bonds is 4. The van der Waals surface area contributed by atoms with Gasteiger partial charge in [0.05, 0.1) is 10.8 Å². The van der Waals surface area contributed by atoms with Gasteiger partial charge in [-0.3, -0.25) is 24.4 Å². The van der Waals surface area contributed by atoms with Crippen LogP contribution in [0.25, 0.3) is 10.8 Å². The van der Waals surface area contributed by atoms with Crippen molar-refractivity contribution in [3.8, 4) is 0 Å². The number of aryl methyl sites for hydroxylation is 1. The smallest absolute Gasteiger partial charge is 0.273 e. The first-order valence-corrected chi connectivity index (χ1v) is 10.3. The number of carbonyl (C=O) groups is 1. The van der Waals surface area contributed by atoms with Crippen LogP contribution in [0.3, 0.4) is 0 Å². The summed E-state index contributed by atoms with van der Waals surface area (Å²) >= 11 is 0. The summed E-state index contributed by atoms with van der Waals surface area (Å²) in [7, 11) is 0. The van der Waals surface area contributed by atoms with Gasteiger partial charge in [-0.1, -0.05) is 36.4 Å². The lowest BCUT2D eigenvalue weighted by atomic mass is 10.1. The molecular formula is C23H26N4O3. The summed E-state index contributed by atoms with van der Waals surface area (Å²) in [4.78, 5) is 41.9. The molecule has 4 rings (SSSR count). The van der Waals surface area contributed by atoms with Gasteiger partial charge in [-0.05, 0) is 36.6 Å². The third-order valence-electron chi connectivity index (χ3n) is 5.77. The summed E-state index contributed by atoms with van der Waals surface area (Å²) in [6.45, 7) is 5.79. The van der Waals surface area contributed by atoms with Crippen molar-refractivity contribution in [2.24, 2.45) is 0 Å². The Bertz CT molecular complexity index is 1180. The number of aromatic nitrogens is 2. The third-order valence-corrected chi connectivity index (χ3v) is 5.77. The van der Waals surface area contributed by atoms with Crippen LogP contribution in [0.5, 0.6) is 0 Å². The average molecular weight is 406 g/mol. The minimum Gasteiger partial charge on any atom is -0.340 e. The molecule has 2 aromatic carbocycles. The topological polar surface area (TPSA) is 78.4 Å². The molecule has 0 radical (unpaired) electrons. The lowest BCUT2D eigenvalue weighted by molar-refractivity contribution is -0.132. The van der Waals surface area contributed by atoms with Gasteiger partial charge in [0, 0.05) is 32.7 Å². The van der Waals surface area contributed by atoms with E-state index in [4.69, 9.17) is 0 Å². The number of nitrogens with one attached hydrogen (secondary N) is 1. The van der Waals surface area contributed by atoms with Gasteiger partial charge in [0.2, 0.25) is 5.91 Å². The molecule has 7 heteroatoms. The average Bonchev–Trinajstić information content (AvgIpc) is 2.99.